The standard InChI is InChI=1S/C8H15NO2/c1-6(2)9-5-4-8(3,11)7(9)10/h6,11H,4-5H2,1-3H3. The number of carbonyl (C=O) groups is 1. The summed E-state index contributed by atoms with van der Waals surface area (Å²) >= 11 is 0. The van der Waals surface area contributed by atoms with E-state index in [4.69, 9.17) is 0 Å². The first-order chi connectivity index (χ1) is 4.95. The van der Waals surface area contributed by atoms with Gasteiger partial charge in [0.05, 0.1) is 0 Å². The Kier molecular flexibility index (Phi) is 1.92. The van der Waals surface area contributed by atoms with Crippen LogP contribution in [0.2, 0.25) is 0 Å². The van der Waals surface area contributed by atoms with Crippen LogP contribution in [0.5, 0.6) is 0 Å². The Balaban J connectivity index is 2.71. The zero-order valence-electron chi connectivity index (χ0n) is 7.29. The summed E-state index contributed by atoms with van der Waals surface area (Å²) in [5.41, 5.74) is -1.11. The van der Waals surface area contributed by atoms with Crippen LogP contribution in [0.1, 0.15) is 27.2 Å². The van der Waals surface area contributed by atoms with Gasteiger partial charge in [-0.25, -0.2) is 0 Å². The van der Waals surface area contributed by atoms with Gasteiger partial charge >= 0.3 is 0 Å². The summed E-state index contributed by atoms with van der Waals surface area (Å²) < 4.78 is 0. The first kappa shape index (κ1) is 8.53. The van der Waals surface area contributed by atoms with Gasteiger partial charge in [0.25, 0.3) is 5.91 Å². The van der Waals surface area contributed by atoms with E-state index in [0.29, 0.717) is 13.0 Å². The van der Waals surface area contributed by atoms with Crippen LogP contribution in [0.25, 0.3) is 0 Å². The van der Waals surface area contributed by atoms with Crippen LogP contribution >= 0.6 is 0 Å². The lowest BCUT2D eigenvalue weighted by atomic mass is 10.1. The first-order valence-electron chi connectivity index (χ1n) is 3.98. The molecular formula is C8H15NO2. The van der Waals surface area contributed by atoms with Crippen molar-refractivity contribution in [1.82, 2.24) is 4.90 Å². The number of hydrogen-bond acceptors (Lipinski definition) is 2. The highest BCUT2D eigenvalue weighted by Crippen LogP contribution is 2.23. The second-order valence-electron chi connectivity index (χ2n) is 3.62. The molecule has 1 aliphatic heterocycles. The molecule has 0 radical (unpaired) electrons. The predicted molar refractivity (Wildman–Crippen MR) is 42.1 cm³/mol. The SMILES string of the molecule is CC(C)N1CCC(C)(O)C1=O. The average Bonchev–Trinajstić information content (AvgIpc) is 2.09. The van der Waals surface area contributed by atoms with Crippen LogP contribution in [0.3, 0.4) is 0 Å². The van der Waals surface area contributed by atoms with E-state index in [0.717, 1.165) is 0 Å². The molecule has 1 aliphatic rings. The fourth-order valence-corrected chi connectivity index (χ4v) is 1.35. The second-order valence-corrected chi connectivity index (χ2v) is 3.62. The predicted octanol–water partition coefficient (Wildman–Crippen LogP) is 0.378. The molecule has 0 bridgehead atoms. The molecule has 1 atom stereocenters. The Bertz CT molecular complexity index is 175. The van der Waals surface area contributed by atoms with E-state index in [9.17, 15) is 9.90 Å². The summed E-state index contributed by atoms with van der Waals surface area (Å²) in [5, 5.41) is 9.49. The van der Waals surface area contributed by atoms with Crippen molar-refractivity contribution in [2.45, 2.75) is 38.8 Å². The zero-order chi connectivity index (χ0) is 8.65. The highest BCUT2D eigenvalue weighted by molar-refractivity contribution is 5.86. The summed E-state index contributed by atoms with van der Waals surface area (Å²) in [6, 6.07) is 0.205. The smallest absolute Gasteiger partial charge is 0.254 e. The van der Waals surface area contributed by atoms with Crippen molar-refractivity contribution in [2.24, 2.45) is 0 Å². The van der Waals surface area contributed by atoms with Crippen LogP contribution in [0.4, 0.5) is 0 Å². The normalized spacial score (nSPS) is 32.1. The van der Waals surface area contributed by atoms with E-state index in [1.807, 2.05) is 13.8 Å². The van der Waals surface area contributed by atoms with Crippen molar-refractivity contribution in [3.8, 4) is 0 Å². The number of nitrogens with zero attached hydrogens (tertiary/aromatic N) is 1. The maximum absolute atomic E-state index is 11.3. The highest BCUT2D eigenvalue weighted by Gasteiger charge is 2.41. The molecule has 0 saturated carbocycles. The minimum Gasteiger partial charge on any atom is -0.380 e. The third-order valence-electron chi connectivity index (χ3n) is 2.18. The molecule has 3 nitrogen and oxygen atoms in total. The molecule has 1 saturated heterocycles. The zero-order valence-corrected chi connectivity index (χ0v) is 7.29. The van der Waals surface area contributed by atoms with Gasteiger partial charge in [0.2, 0.25) is 0 Å². The van der Waals surface area contributed by atoms with Gasteiger partial charge in [-0.2, -0.15) is 0 Å². The molecule has 3 heteroatoms. The lowest BCUT2D eigenvalue weighted by molar-refractivity contribution is -0.142. The minimum absolute atomic E-state index is 0.132. The molecule has 0 aliphatic carbocycles. The third-order valence-corrected chi connectivity index (χ3v) is 2.18. The summed E-state index contributed by atoms with van der Waals surface area (Å²) in [6.07, 6.45) is 0.560. The highest BCUT2D eigenvalue weighted by atomic mass is 16.3. The summed E-state index contributed by atoms with van der Waals surface area (Å²) in [6.45, 7) is 6.18. The van der Waals surface area contributed by atoms with Crippen LogP contribution in [-0.2, 0) is 4.79 Å². The quantitative estimate of drug-likeness (QED) is 0.597. The van der Waals surface area contributed by atoms with E-state index >= 15 is 0 Å². The number of likely N-dealkylation sites (tertiary alicyclic amines) is 1. The molecule has 1 unspecified atom stereocenters. The minimum atomic E-state index is -1.11. The molecule has 0 spiro atoms. The summed E-state index contributed by atoms with van der Waals surface area (Å²) in [7, 11) is 0. The van der Waals surface area contributed by atoms with Crippen LogP contribution in [-0.4, -0.2) is 34.1 Å². The van der Waals surface area contributed by atoms with Crippen molar-refractivity contribution >= 4 is 5.91 Å². The lowest BCUT2D eigenvalue weighted by Crippen LogP contribution is -2.40. The van der Waals surface area contributed by atoms with Gasteiger partial charge in [-0.15, -0.1) is 0 Å². The molecule has 0 aromatic heterocycles. The van der Waals surface area contributed by atoms with Crippen LogP contribution < -0.4 is 0 Å². The maximum Gasteiger partial charge on any atom is 0.254 e. The Morgan fingerprint density at radius 3 is 2.36 bits per heavy atom. The summed E-state index contributed by atoms with van der Waals surface area (Å²) in [5.74, 6) is -0.132. The molecule has 1 amide bonds. The molecule has 1 heterocycles. The van der Waals surface area contributed by atoms with Gasteiger partial charge in [-0.05, 0) is 20.8 Å². The number of amides is 1. The van der Waals surface area contributed by atoms with Gasteiger partial charge in [-0.3, -0.25) is 4.79 Å². The van der Waals surface area contributed by atoms with Crippen molar-refractivity contribution in [3.63, 3.8) is 0 Å². The maximum atomic E-state index is 11.3. The van der Waals surface area contributed by atoms with Gasteiger partial charge in [0.1, 0.15) is 5.60 Å². The van der Waals surface area contributed by atoms with Gasteiger partial charge in [-0.1, -0.05) is 0 Å². The fourth-order valence-electron chi connectivity index (χ4n) is 1.35. The van der Waals surface area contributed by atoms with E-state index in [-0.39, 0.29) is 11.9 Å². The molecule has 1 N–H and O–H groups in total. The van der Waals surface area contributed by atoms with E-state index < -0.39 is 5.60 Å². The lowest BCUT2D eigenvalue weighted by Gasteiger charge is -2.22. The summed E-state index contributed by atoms with van der Waals surface area (Å²) in [4.78, 5) is 13.1. The Morgan fingerprint density at radius 2 is 2.18 bits per heavy atom. The fraction of sp³-hybridized carbons (Fsp3) is 0.875. The third kappa shape index (κ3) is 1.38. The second kappa shape index (κ2) is 2.48. The number of rotatable bonds is 1. The first-order valence-corrected chi connectivity index (χ1v) is 3.98. The van der Waals surface area contributed by atoms with E-state index in [1.54, 1.807) is 11.8 Å². The van der Waals surface area contributed by atoms with Crippen molar-refractivity contribution in [3.05, 3.63) is 0 Å². The average molecular weight is 157 g/mol. The van der Waals surface area contributed by atoms with E-state index in [2.05, 4.69) is 0 Å². The van der Waals surface area contributed by atoms with Gasteiger partial charge in [0, 0.05) is 19.0 Å². The number of hydrogen-bond donors (Lipinski definition) is 1. The Labute approximate surface area is 67.0 Å². The molecule has 0 aromatic rings. The molecular weight excluding hydrogens is 142 g/mol. The molecule has 11 heavy (non-hydrogen) atoms. The van der Waals surface area contributed by atoms with Crippen molar-refractivity contribution < 1.29 is 9.90 Å². The Hall–Kier alpha value is -0.570. The van der Waals surface area contributed by atoms with Gasteiger partial charge in [0.15, 0.2) is 0 Å². The molecule has 64 valence electrons. The Morgan fingerprint density at radius 1 is 1.64 bits per heavy atom. The monoisotopic (exact) mass is 157 g/mol. The topological polar surface area (TPSA) is 40.5 Å². The molecule has 1 rings (SSSR count). The molecule has 0 aromatic carbocycles. The number of carbonyl (C=O) groups excluding carboxylic acids is 1. The largest absolute Gasteiger partial charge is 0.380 e. The van der Waals surface area contributed by atoms with Crippen molar-refractivity contribution in [2.75, 3.05) is 6.54 Å². The molecule has 1 fully saturated rings. The van der Waals surface area contributed by atoms with Crippen molar-refractivity contribution in [1.29, 1.82) is 0 Å². The van der Waals surface area contributed by atoms with E-state index in [1.165, 1.54) is 0 Å². The number of aliphatic hydroxyl groups is 1. The van der Waals surface area contributed by atoms with Crippen LogP contribution in [0.15, 0.2) is 0 Å². The van der Waals surface area contributed by atoms with Crippen LogP contribution in [0, 0.1) is 0 Å². The van der Waals surface area contributed by atoms with Gasteiger partial charge < -0.3 is 10.0 Å².